The molecule has 24 heavy (non-hydrogen) atoms. The van der Waals surface area contributed by atoms with E-state index in [9.17, 15) is 4.79 Å². The van der Waals surface area contributed by atoms with Crippen molar-refractivity contribution in [2.75, 3.05) is 19.7 Å². The maximum Gasteiger partial charge on any atom is 0.276 e. The maximum absolute atomic E-state index is 12.7. The van der Waals surface area contributed by atoms with Gasteiger partial charge in [-0.2, -0.15) is 0 Å². The molecule has 0 bridgehead atoms. The molecule has 3 aromatic rings. The molecule has 0 radical (unpaired) electrons. The lowest BCUT2D eigenvalue weighted by Crippen LogP contribution is -2.42. The van der Waals surface area contributed by atoms with Crippen LogP contribution < -0.4 is 0 Å². The Balaban J connectivity index is 1.50. The Kier molecular flexibility index (Phi) is 3.88. The van der Waals surface area contributed by atoms with Gasteiger partial charge in [-0.05, 0) is 17.7 Å². The van der Waals surface area contributed by atoms with Crippen molar-refractivity contribution in [1.82, 2.24) is 10.1 Å². The topological polar surface area (TPSA) is 68.7 Å². The molecule has 1 aliphatic heterocycles. The molecule has 1 aromatic carbocycles. The SMILES string of the molecule is O=C(c1cc(-c2ccco2)on1)N1CCO[C@@H](c2ccccc2)C1. The number of rotatable bonds is 3. The standard InChI is InChI=1S/C18H16N2O4/c21-18(14-11-16(24-19-14)15-7-4-9-22-15)20-8-10-23-17(12-20)13-5-2-1-3-6-13/h1-7,9,11,17H,8,10,12H2/t17-/m1/s1. The van der Waals surface area contributed by atoms with Crippen LogP contribution in [0.3, 0.4) is 0 Å². The fourth-order valence-electron chi connectivity index (χ4n) is 2.78. The molecule has 1 amide bonds. The molecule has 1 fully saturated rings. The number of carbonyl (C=O) groups excluding carboxylic acids is 1. The molecule has 0 N–H and O–H groups in total. The van der Waals surface area contributed by atoms with E-state index in [-0.39, 0.29) is 17.7 Å². The van der Waals surface area contributed by atoms with Crippen LogP contribution in [-0.4, -0.2) is 35.7 Å². The largest absolute Gasteiger partial charge is 0.461 e. The van der Waals surface area contributed by atoms with E-state index in [0.717, 1.165) is 5.56 Å². The number of furan rings is 1. The van der Waals surface area contributed by atoms with Gasteiger partial charge in [-0.15, -0.1) is 0 Å². The van der Waals surface area contributed by atoms with Gasteiger partial charge in [-0.25, -0.2) is 0 Å². The Labute approximate surface area is 138 Å². The molecule has 0 unspecified atom stereocenters. The Morgan fingerprint density at radius 2 is 2.00 bits per heavy atom. The highest BCUT2D eigenvalue weighted by Crippen LogP contribution is 2.25. The molecular formula is C18H16N2O4. The summed E-state index contributed by atoms with van der Waals surface area (Å²) < 4.78 is 16.3. The summed E-state index contributed by atoms with van der Waals surface area (Å²) in [4.78, 5) is 14.4. The number of amides is 1. The van der Waals surface area contributed by atoms with Crippen molar-refractivity contribution in [2.24, 2.45) is 0 Å². The normalized spacial score (nSPS) is 17.8. The summed E-state index contributed by atoms with van der Waals surface area (Å²) >= 11 is 0. The summed E-state index contributed by atoms with van der Waals surface area (Å²) in [6.45, 7) is 1.52. The van der Waals surface area contributed by atoms with Crippen LogP contribution in [0.2, 0.25) is 0 Å². The third kappa shape index (κ3) is 2.83. The van der Waals surface area contributed by atoms with Gasteiger partial charge in [0.25, 0.3) is 5.91 Å². The third-order valence-electron chi connectivity index (χ3n) is 4.02. The lowest BCUT2D eigenvalue weighted by atomic mass is 10.1. The molecule has 0 saturated carbocycles. The highest BCUT2D eigenvalue weighted by Gasteiger charge is 2.28. The average Bonchev–Trinajstić information content (AvgIpc) is 3.33. The van der Waals surface area contributed by atoms with Gasteiger partial charge in [0.05, 0.1) is 19.4 Å². The van der Waals surface area contributed by atoms with Gasteiger partial charge in [0.15, 0.2) is 11.5 Å². The van der Waals surface area contributed by atoms with Crippen LogP contribution >= 0.6 is 0 Å². The highest BCUT2D eigenvalue weighted by atomic mass is 16.5. The number of nitrogens with zero attached hydrogens (tertiary/aromatic N) is 2. The van der Waals surface area contributed by atoms with Gasteiger partial charge in [0.2, 0.25) is 5.76 Å². The van der Waals surface area contributed by atoms with Crippen LogP contribution in [0.5, 0.6) is 0 Å². The molecule has 1 atom stereocenters. The van der Waals surface area contributed by atoms with E-state index in [0.29, 0.717) is 31.2 Å². The molecule has 3 heterocycles. The van der Waals surface area contributed by atoms with Crippen LogP contribution in [0.4, 0.5) is 0 Å². The fourth-order valence-corrected chi connectivity index (χ4v) is 2.78. The summed E-state index contributed by atoms with van der Waals surface area (Å²) in [5.74, 6) is 0.822. The predicted molar refractivity (Wildman–Crippen MR) is 85.2 cm³/mol. The third-order valence-corrected chi connectivity index (χ3v) is 4.02. The van der Waals surface area contributed by atoms with Crippen molar-refractivity contribution in [3.63, 3.8) is 0 Å². The minimum Gasteiger partial charge on any atom is -0.461 e. The first-order valence-corrected chi connectivity index (χ1v) is 7.77. The van der Waals surface area contributed by atoms with Crippen molar-refractivity contribution < 1.29 is 18.5 Å². The number of hydrogen-bond donors (Lipinski definition) is 0. The zero-order valence-electron chi connectivity index (χ0n) is 12.9. The first-order chi connectivity index (χ1) is 11.8. The van der Waals surface area contributed by atoms with Crippen molar-refractivity contribution >= 4 is 5.91 Å². The zero-order chi connectivity index (χ0) is 16.4. The van der Waals surface area contributed by atoms with E-state index in [4.69, 9.17) is 13.7 Å². The second kappa shape index (κ2) is 6.33. The van der Waals surface area contributed by atoms with Gasteiger partial charge in [-0.1, -0.05) is 35.5 Å². The van der Waals surface area contributed by atoms with Gasteiger partial charge in [-0.3, -0.25) is 4.79 Å². The van der Waals surface area contributed by atoms with Crippen molar-refractivity contribution in [2.45, 2.75) is 6.10 Å². The fraction of sp³-hybridized carbons (Fsp3) is 0.222. The molecule has 4 rings (SSSR count). The molecular weight excluding hydrogens is 308 g/mol. The van der Waals surface area contributed by atoms with Crippen molar-refractivity contribution in [1.29, 1.82) is 0 Å². The first-order valence-electron chi connectivity index (χ1n) is 7.77. The van der Waals surface area contributed by atoms with E-state index in [2.05, 4.69) is 5.16 Å². The van der Waals surface area contributed by atoms with Crippen LogP contribution in [0.25, 0.3) is 11.5 Å². The summed E-state index contributed by atoms with van der Waals surface area (Å²) in [5, 5.41) is 3.88. The van der Waals surface area contributed by atoms with E-state index in [1.165, 1.54) is 0 Å². The van der Waals surface area contributed by atoms with Crippen LogP contribution in [-0.2, 0) is 4.74 Å². The van der Waals surface area contributed by atoms with E-state index >= 15 is 0 Å². The van der Waals surface area contributed by atoms with E-state index in [1.54, 1.807) is 29.4 Å². The second-order valence-corrected chi connectivity index (χ2v) is 5.57. The van der Waals surface area contributed by atoms with E-state index in [1.807, 2.05) is 30.3 Å². The van der Waals surface area contributed by atoms with Crippen LogP contribution in [0, 0.1) is 0 Å². The lowest BCUT2D eigenvalue weighted by Gasteiger charge is -2.32. The summed E-state index contributed by atoms with van der Waals surface area (Å²) in [6.07, 6.45) is 1.42. The first kappa shape index (κ1) is 14.7. The lowest BCUT2D eigenvalue weighted by molar-refractivity contribution is -0.0231. The monoisotopic (exact) mass is 324 g/mol. The van der Waals surface area contributed by atoms with Crippen LogP contribution in [0.1, 0.15) is 22.2 Å². The zero-order valence-corrected chi connectivity index (χ0v) is 12.9. The molecule has 2 aromatic heterocycles. The number of carbonyl (C=O) groups is 1. The molecule has 0 aliphatic carbocycles. The van der Waals surface area contributed by atoms with Crippen molar-refractivity contribution in [3.05, 3.63) is 66.1 Å². The highest BCUT2D eigenvalue weighted by molar-refractivity contribution is 5.93. The molecule has 0 spiro atoms. The Hall–Kier alpha value is -2.86. The molecule has 1 saturated heterocycles. The number of benzene rings is 1. The van der Waals surface area contributed by atoms with Crippen LogP contribution in [0.15, 0.2) is 63.7 Å². The summed E-state index contributed by atoms with van der Waals surface area (Å²) in [5.41, 5.74) is 1.33. The molecule has 6 nitrogen and oxygen atoms in total. The minimum absolute atomic E-state index is 0.125. The smallest absolute Gasteiger partial charge is 0.276 e. The quantitative estimate of drug-likeness (QED) is 0.740. The second-order valence-electron chi connectivity index (χ2n) is 5.57. The molecule has 6 heteroatoms. The number of aromatic nitrogens is 1. The number of hydrogen-bond acceptors (Lipinski definition) is 5. The number of ether oxygens (including phenoxy) is 1. The number of morpholine rings is 1. The van der Waals surface area contributed by atoms with Crippen molar-refractivity contribution in [3.8, 4) is 11.5 Å². The van der Waals surface area contributed by atoms with Gasteiger partial charge >= 0.3 is 0 Å². The Bertz CT molecular complexity index is 811. The average molecular weight is 324 g/mol. The van der Waals surface area contributed by atoms with E-state index < -0.39 is 0 Å². The Morgan fingerprint density at radius 3 is 2.79 bits per heavy atom. The van der Waals surface area contributed by atoms with Gasteiger partial charge < -0.3 is 18.6 Å². The summed E-state index contributed by atoms with van der Waals surface area (Å²) in [6, 6.07) is 15.0. The molecule has 122 valence electrons. The van der Waals surface area contributed by atoms with Gasteiger partial charge in [0, 0.05) is 12.6 Å². The van der Waals surface area contributed by atoms with Gasteiger partial charge in [0.1, 0.15) is 6.10 Å². The minimum atomic E-state index is -0.166. The summed E-state index contributed by atoms with van der Waals surface area (Å²) in [7, 11) is 0. The Morgan fingerprint density at radius 1 is 1.12 bits per heavy atom. The maximum atomic E-state index is 12.7. The predicted octanol–water partition coefficient (Wildman–Crippen LogP) is 3.15. The molecule has 1 aliphatic rings.